The van der Waals surface area contributed by atoms with Crippen molar-refractivity contribution in [2.75, 3.05) is 0 Å². The van der Waals surface area contributed by atoms with Gasteiger partial charge < -0.3 is 0 Å². The summed E-state index contributed by atoms with van der Waals surface area (Å²) < 4.78 is 0.703. The van der Waals surface area contributed by atoms with E-state index in [2.05, 4.69) is 0 Å². The minimum Gasteiger partial charge on any atom is -0.0823 e. The van der Waals surface area contributed by atoms with Gasteiger partial charge in [-0.25, -0.2) is 0 Å². The molecule has 0 nitrogen and oxygen atoms in total. The predicted octanol–water partition coefficient (Wildman–Crippen LogP) is 3.57. The molecule has 42 valence electrons. The number of rotatable bonds is 0. The Morgan fingerprint density at radius 1 is 1.38 bits per heavy atom. The summed E-state index contributed by atoms with van der Waals surface area (Å²) in [5.74, 6) is 1.94. The fraction of sp³-hybridized carbons (Fsp3) is 0. The summed E-state index contributed by atoms with van der Waals surface area (Å²) in [7, 11) is 0.992. The van der Waals surface area contributed by atoms with Crippen LogP contribution in [0.25, 0.3) is 0 Å². The van der Waals surface area contributed by atoms with Gasteiger partial charge in [0.15, 0.2) is 0 Å². The second-order valence-electron chi connectivity index (χ2n) is 1.28. The highest BCUT2D eigenvalue weighted by Gasteiger charge is 1.90. The molecule has 0 amide bonds. The molecule has 0 unspecified atom stereocenters. The summed E-state index contributed by atoms with van der Waals surface area (Å²) in [5.41, 5.74) is 0. The van der Waals surface area contributed by atoms with Crippen LogP contribution in [0.2, 0.25) is 9.78 Å². The van der Waals surface area contributed by atoms with E-state index in [1.54, 1.807) is 6.07 Å². The molecule has 0 saturated heterocycles. The number of hydrogen-bond acceptors (Lipinski definition) is 0. The van der Waals surface area contributed by atoms with Crippen LogP contribution in [-0.2, 0) is 0 Å². The van der Waals surface area contributed by atoms with E-state index in [1.165, 1.54) is 0 Å². The van der Waals surface area contributed by atoms with Gasteiger partial charge in [-0.2, -0.15) is 0 Å². The van der Waals surface area contributed by atoms with E-state index >= 15 is 0 Å². The van der Waals surface area contributed by atoms with E-state index in [-0.39, 0.29) is 0 Å². The van der Waals surface area contributed by atoms with Crippen LogP contribution in [0.4, 0.5) is 0 Å². The van der Waals surface area contributed by atoms with Crippen LogP contribution in [0.5, 0.6) is 0 Å². The lowest BCUT2D eigenvalue weighted by atomic mass is 10.6. The maximum Gasteiger partial charge on any atom is 0.0861 e. The third kappa shape index (κ3) is 1.35. The van der Waals surface area contributed by atoms with Crippen molar-refractivity contribution < 1.29 is 0 Å². The van der Waals surface area contributed by atoms with Crippen LogP contribution >= 0.6 is 31.4 Å². The first-order valence-electron chi connectivity index (χ1n) is 2.07. The van der Waals surface area contributed by atoms with E-state index < -0.39 is 0 Å². The predicted molar refractivity (Wildman–Crippen MR) is 39.0 cm³/mol. The minimum atomic E-state index is 0.649. The molecule has 0 radical (unpaired) electrons. The van der Waals surface area contributed by atoms with Crippen LogP contribution in [0.15, 0.2) is 17.9 Å². The molecule has 0 N–H and O–H groups in total. The largest absolute Gasteiger partial charge is 0.0861 e. The smallest absolute Gasteiger partial charge is 0.0823 e. The fourth-order valence-electron chi connectivity index (χ4n) is 0.366. The van der Waals surface area contributed by atoms with Crippen LogP contribution in [-0.4, -0.2) is 0 Å². The Labute approximate surface area is 59.5 Å². The molecule has 1 heterocycles. The lowest BCUT2D eigenvalue weighted by Gasteiger charge is -1.87. The fourth-order valence-corrected chi connectivity index (χ4v) is 1.32. The summed E-state index contributed by atoms with van der Waals surface area (Å²) in [5, 5.41) is 0.649. The molecule has 0 fully saturated rings. The van der Waals surface area contributed by atoms with Crippen molar-refractivity contribution in [3.05, 3.63) is 27.7 Å². The molecule has 0 atom stereocenters. The van der Waals surface area contributed by atoms with Gasteiger partial charge in [0.05, 0.1) is 9.78 Å². The Kier molecular flexibility index (Phi) is 2.13. The Balaban J connectivity index is 3.13. The van der Waals surface area contributed by atoms with E-state index in [4.69, 9.17) is 23.2 Å². The first kappa shape index (κ1) is 6.35. The van der Waals surface area contributed by atoms with Crippen LogP contribution in [0.3, 0.4) is 0 Å². The molecule has 0 bridgehead atoms. The maximum absolute atomic E-state index is 5.62. The quantitative estimate of drug-likeness (QED) is 0.551. The minimum absolute atomic E-state index is 0.649. The van der Waals surface area contributed by atoms with Crippen LogP contribution < -0.4 is 0 Å². The Morgan fingerprint density at radius 2 is 2.12 bits per heavy atom. The summed E-state index contributed by atoms with van der Waals surface area (Å²) >= 11 is 11.2. The number of halogens is 2. The molecule has 0 spiro atoms. The average Bonchev–Trinajstić information content (AvgIpc) is 1.77. The molecule has 1 aromatic heterocycles. The highest BCUT2D eigenvalue weighted by atomic mass is 35.5. The summed E-state index contributed by atoms with van der Waals surface area (Å²) in [6, 6.07) is 3.66. The zero-order valence-electron chi connectivity index (χ0n) is 3.94. The molecule has 1 rings (SSSR count). The van der Waals surface area contributed by atoms with Gasteiger partial charge in [0, 0.05) is 0 Å². The second-order valence-corrected chi connectivity index (χ2v) is 3.33. The van der Waals surface area contributed by atoms with E-state index in [1.807, 2.05) is 11.9 Å². The SMILES string of the molecule is Clc1cccpc1Cl. The molecular formula is C5H3Cl2P. The second kappa shape index (κ2) is 2.68. The molecule has 0 saturated carbocycles. The lowest BCUT2D eigenvalue weighted by Crippen LogP contribution is -1.55. The molecule has 0 aliphatic heterocycles. The highest BCUT2D eigenvalue weighted by Crippen LogP contribution is 2.28. The average molecular weight is 165 g/mol. The molecule has 8 heavy (non-hydrogen) atoms. The molecule has 1 aromatic rings. The normalized spacial score (nSPS) is 10.2. The van der Waals surface area contributed by atoms with Gasteiger partial charge in [0.25, 0.3) is 0 Å². The van der Waals surface area contributed by atoms with Gasteiger partial charge in [-0.05, 0) is 11.9 Å². The van der Waals surface area contributed by atoms with Crippen molar-refractivity contribution in [2.24, 2.45) is 0 Å². The van der Waals surface area contributed by atoms with Crippen LogP contribution in [0.1, 0.15) is 0 Å². The molecule has 0 aliphatic rings. The van der Waals surface area contributed by atoms with Crippen LogP contribution in [0, 0.1) is 0 Å². The van der Waals surface area contributed by atoms with E-state index in [0.29, 0.717) is 9.78 Å². The molecular weight excluding hydrogens is 162 g/mol. The van der Waals surface area contributed by atoms with Crippen molar-refractivity contribution in [3.63, 3.8) is 0 Å². The van der Waals surface area contributed by atoms with Gasteiger partial charge in [-0.1, -0.05) is 37.5 Å². The van der Waals surface area contributed by atoms with E-state index in [9.17, 15) is 0 Å². The molecule has 3 heteroatoms. The highest BCUT2D eigenvalue weighted by molar-refractivity contribution is 7.33. The van der Waals surface area contributed by atoms with Gasteiger partial charge in [-0.3, -0.25) is 0 Å². The topological polar surface area (TPSA) is 0 Å². The summed E-state index contributed by atoms with van der Waals surface area (Å²) in [6.45, 7) is 0. The monoisotopic (exact) mass is 164 g/mol. The summed E-state index contributed by atoms with van der Waals surface area (Å²) in [6.07, 6.45) is 0. The van der Waals surface area contributed by atoms with Crippen molar-refractivity contribution >= 4 is 31.4 Å². The third-order valence-electron chi connectivity index (χ3n) is 0.714. The zero-order valence-corrected chi connectivity index (χ0v) is 6.34. The molecule has 0 aromatic carbocycles. The van der Waals surface area contributed by atoms with Crippen molar-refractivity contribution in [1.29, 1.82) is 0 Å². The lowest BCUT2D eigenvalue weighted by molar-refractivity contribution is 1.87. The van der Waals surface area contributed by atoms with Crippen molar-refractivity contribution in [2.45, 2.75) is 0 Å². The first-order valence-corrected chi connectivity index (χ1v) is 3.78. The number of hydrogen-bond donors (Lipinski definition) is 0. The van der Waals surface area contributed by atoms with E-state index in [0.717, 1.165) is 8.19 Å². The van der Waals surface area contributed by atoms with Gasteiger partial charge in [-0.15, -0.1) is 0 Å². The Bertz CT molecular complexity index is 167. The third-order valence-corrected chi connectivity index (χ3v) is 2.54. The molecule has 0 aliphatic carbocycles. The Hall–Kier alpha value is 0.230. The Morgan fingerprint density at radius 3 is 2.50 bits per heavy atom. The summed E-state index contributed by atoms with van der Waals surface area (Å²) in [4.78, 5) is 0. The van der Waals surface area contributed by atoms with Gasteiger partial charge >= 0.3 is 0 Å². The zero-order chi connectivity index (χ0) is 5.98. The van der Waals surface area contributed by atoms with Gasteiger partial charge in [0.1, 0.15) is 0 Å². The maximum atomic E-state index is 5.62. The standard InChI is InChI=1S/C5H3Cl2P/c6-4-2-1-3-8-5(4)7/h1-3H. The van der Waals surface area contributed by atoms with Crippen molar-refractivity contribution in [3.8, 4) is 0 Å². The first-order chi connectivity index (χ1) is 3.80. The van der Waals surface area contributed by atoms with Crippen molar-refractivity contribution in [1.82, 2.24) is 0 Å². The van der Waals surface area contributed by atoms with Gasteiger partial charge in [0.2, 0.25) is 0 Å².